The number of hydrogen-bond acceptors (Lipinski definition) is 4. The fourth-order valence-corrected chi connectivity index (χ4v) is 4.49. The van der Waals surface area contributed by atoms with E-state index in [1.807, 2.05) is 6.07 Å². The second-order valence-corrected chi connectivity index (χ2v) is 10.2. The van der Waals surface area contributed by atoms with E-state index < -0.39 is 40.4 Å². The average molecular weight is 529 g/mol. The lowest BCUT2D eigenvalue weighted by Crippen LogP contribution is -2.52. The summed E-state index contributed by atoms with van der Waals surface area (Å²) in [7, 11) is -0.172. The number of nitrogens with one attached hydrogen (secondary N) is 1. The quantitative estimate of drug-likeness (QED) is 0.540. The van der Waals surface area contributed by atoms with Crippen molar-refractivity contribution in [2.75, 3.05) is 32.0 Å². The van der Waals surface area contributed by atoms with E-state index in [0.717, 1.165) is 20.4 Å². The number of halogens is 2. The molecule has 1 atom stereocenters. The molecule has 0 aliphatic heterocycles. The molecule has 0 spiro atoms. The van der Waals surface area contributed by atoms with Gasteiger partial charge in [0.25, 0.3) is 0 Å². The van der Waals surface area contributed by atoms with Gasteiger partial charge in [-0.2, -0.15) is 12.7 Å². The molecule has 1 N–H and O–H groups in total. The fourth-order valence-electron chi connectivity index (χ4n) is 2.98. The first-order valence-electron chi connectivity index (χ1n) is 9.69. The minimum atomic E-state index is -4.20. The zero-order chi connectivity index (χ0) is 24.1. The maximum atomic E-state index is 14.5. The molecule has 0 radical (unpaired) electrons. The minimum Gasteiger partial charge on any atom is -0.357 e. The van der Waals surface area contributed by atoms with Gasteiger partial charge in [-0.1, -0.05) is 40.2 Å². The fraction of sp³-hybridized carbons (Fsp3) is 0.333. The monoisotopic (exact) mass is 528 g/mol. The van der Waals surface area contributed by atoms with E-state index in [1.165, 1.54) is 44.2 Å². The third-order valence-electron chi connectivity index (χ3n) is 4.80. The Morgan fingerprint density at radius 2 is 1.78 bits per heavy atom. The molecule has 0 aliphatic rings. The van der Waals surface area contributed by atoms with Crippen molar-refractivity contribution in [3.8, 4) is 0 Å². The lowest BCUT2D eigenvalue weighted by atomic mass is 10.1. The standard InChI is InChI=1S/C21H26BrFN4O4S/c1-15(21(29)24-2)26(13-16-8-7-9-17(22)12-16)20(28)14-27(32(30,31)25(3)4)19-11-6-5-10-18(19)23/h5-12,15H,13-14H2,1-4H3,(H,24,29)/t15-/m0/s1. The van der Waals surface area contributed by atoms with Crippen LogP contribution in [0.4, 0.5) is 10.1 Å². The van der Waals surface area contributed by atoms with Crippen molar-refractivity contribution in [1.29, 1.82) is 0 Å². The van der Waals surface area contributed by atoms with Gasteiger partial charge in [-0.15, -0.1) is 0 Å². The predicted octanol–water partition coefficient (Wildman–Crippen LogP) is 2.36. The Morgan fingerprint density at radius 3 is 2.34 bits per heavy atom. The molecule has 2 aromatic rings. The summed E-state index contributed by atoms with van der Waals surface area (Å²) >= 11 is 3.37. The van der Waals surface area contributed by atoms with Gasteiger partial charge in [0, 0.05) is 32.2 Å². The lowest BCUT2D eigenvalue weighted by Gasteiger charge is -2.32. The first kappa shape index (κ1) is 25.8. The van der Waals surface area contributed by atoms with E-state index in [4.69, 9.17) is 0 Å². The Labute approximate surface area is 196 Å². The van der Waals surface area contributed by atoms with Crippen molar-refractivity contribution in [2.45, 2.75) is 19.5 Å². The van der Waals surface area contributed by atoms with Gasteiger partial charge in [0.1, 0.15) is 18.4 Å². The summed E-state index contributed by atoms with van der Waals surface area (Å²) in [6.45, 7) is 0.916. The van der Waals surface area contributed by atoms with Gasteiger partial charge in [-0.05, 0) is 36.8 Å². The number of para-hydroxylation sites is 1. The van der Waals surface area contributed by atoms with Crippen LogP contribution in [0, 0.1) is 5.82 Å². The molecule has 32 heavy (non-hydrogen) atoms. The van der Waals surface area contributed by atoms with E-state index in [-0.39, 0.29) is 12.2 Å². The summed E-state index contributed by atoms with van der Waals surface area (Å²) in [6, 6.07) is 11.6. The van der Waals surface area contributed by atoms with E-state index in [9.17, 15) is 22.4 Å². The molecular weight excluding hydrogens is 503 g/mol. The van der Waals surface area contributed by atoms with Crippen molar-refractivity contribution < 1.29 is 22.4 Å². The van der Waals surface area contributed by atoms with Crippen LogP contribution in [0.15, 0.2) is 53.0 Å². The van der Waals surface area contributed by atoms with Crippen LogP contribution < -0.4 is 9.62 Å². The molecule has 2 aromatic carbocycles. The second kappa shape index (κ2) is 10.9. The number of nitrogens with zero attached hydrogens (tertiary/aromatic N) is 3. The maximum absolute atomic E-state index is 14.5. The summed E-state index contributed by atoms with van der Waals surface area (Å²) in [5.41, 5.74) is 0.473. The van der Waals surface area contributed by atoms with Crippen LogP contribution in [0.5, 0.6) is 0 Å². The van der Waals surface area contributed by atoms with Gasteiger partial charge < -0.3 is 10.2 Å². The summed E-state index contributed by atoms with van der Waals surface area (Å²) in [5, 5.41) is 2.50. The molecule has 0 saturated carbocycles. The summed E-state index contributed by atoms with van der Waals surface area (Å²) in [6.07, 6.45) is 0. The summed E-state index contributed by atoms with van der Waals surface area (Å²) in [4.78, 5) is 26.9. The molecule has 0 fully saturated rings. The molecule has 11 heteroatoms. The zero-order valence-electron chi connectivity index (χ0n) is 18.2. The smallest absolute Gasteiger partial charge is 0.304 e. The summed E-state index contributed by atoms with van der Waals surface area (Å²) < 4.78 is 42.8. The molecule has 0 aromatic heterocycles. The van der Waals surface area contributed by atoms with Gasteiger partial charge in [0.15, 0.2) is 0 Å². The zero-order valence-corrected chi connectivity index (χ0v) is 20.7. The Bertz CT molecular complexity index is 1080. The van der Waals surface area contributed by atoms with Crippen LogP contribution in [0.25, 0.3) is 0 Å². The van der Waals surface area contributed by atoms with E-state index in [2.05, 4.69) is 21.2 Å². The van der Waals surface area contributed by atoms with Gasteiger partial charge in [-0.25, -0.2) is 8.70 Å². The van der Waals surface area contributed by atoms with Crippen LogP contribution in [0.3, 0.4) is 0 Å². The Hall–Kier alpha value is -2.50. The number of benzene rings is 2. The van der Waals surface area contributed by atoms with Crippen LogP contribution in [-0.2, 0) is 26.3 Å². The number of carbonyl (C=O) groups is 2. The number of carbonyl (C=O) groups excluding carboxylic acids is 2. The molecule has 0 unspecified atom stereocenters. The van der Waals surface area contributed by atoms with Crippen molar-refractivity contribution >= 4 is 43.6 Å². The topological polar surface area (TPSA) is 90.0 Å². The molecule has 0 heterocycles. The highest BCUT2D eigenvalue weighted by Gasteiger charge is 2.33. The van der Waals surface area contributed by atoms with Crippen molar-refractivity contribution in [2.24, 2.45) is 0 Å². The highest BCUT2D eigenvalue weighted by Crippen LogP contribution is 2.24. The van der Waals surface area contributed by atoms with E-state index in [0.29, 0.717) is 4.31 Å². The highest BCUT2D eigenvalue weighted by molar-refractivity contribution is 9.10. The number of hydrogen-bond donors (Lipinski definition) is 1. The predicted molar refractivity (Wildman–Crippen MR) is 125 cm³/mol. The molecule has 0 bridgehead atoms. The molecule has 0 saturated heterocycles. The van der Waals surface area contributed by atoms with Crippen LogP contribution in [-0.4, -0.2) is 63.2 Å². The first-order chi connectivity index (χ1) is 15.0. The van der Waals surface area contributed by atoms with Crippen molar-refractivity contribution in [3.63, 3.8) is 0 Å². The molecule has 2 amide bonds. The van der Waals surface area contributed by atoms with Crippen LogP contribution >= 0.6 is 15.9 Å². The van der Waals surface area contributed by atoms with Gasteiger partial charge in [-0.3, -0.25) is 9.59 Å². The number of amides is 2. The molecule has 0 aliphatic carbocycles. The number of anilines is 1. The van der Waals surface area contributed by atoms with Gasteiger partial charge in [0.2, 0.25) is 11.8 Å². The maximum Gasteiger partial charge on any atom is 0.304 e. The van der Waals surface area contributed by atoms with Gasteiger partial charge >= 0.3 is 10.2 Å². The SMILES string of the molecule is CNC(=O)[C@H](C)N(Cc1cccc(Br)c1)C(=O)CN(c1ccccc1F)S(=O)(=O)N(C)C. The van der Waals surface area contributed by atoms with E-state index in [1.54, 1.807) is 25.1 Å². The first-order valence-corrected chi connectivity index (χ1v) is 11.9. The normalized spacial score (nSPS) is 12.3. The second-order valence-electron chi connectivity index (χ2n) is 7.19. The highest BCUT2D eigenvalue weighted by atomic mass is 79.9. The third-order valence-corrected chi connectivity index (χ3v) is 7.09. The molecule has 8 nitrogen and oxygen atoms in total. The van der Waals surface area contributed by atoms with Crippen LogP contribution in [0.2, 0.25) is 0 Å². The van der Waals surface area contributed by atoms with Crippen molar-refractivity contribution in [1.82, 2.24) is 14.5 Å². The summed E-state index contributed by atoms with van der Waals surface area (Å²) in [5.74, 6) is -1.86. The minimum absolute atomic E-state index is 0.0555. The lowest BCUT2D eigenvalue weighted by molar-refractivity contribution is -0.139. The van der Waals surface area contributed by atoms with Gasteiger partial charge in [0.05, 0.1) is 5.69 Å². The average Bonchev–Trinajstić information content (AvgIpc) is 2.75. The molecule has 2 rings (SSSR count). The molecule has 174 valence electrons. The van der Waals surface area contributed by atoms with Crippen LogP contribution in [0.1, 0.15) is 12.5 Å². The Balaban J connectivity index is 2.47. The largest absolute Gasteiger partial charge is 0.357 e. The number of likely N-dealkylation sites (N-methyl/N-ethyl adjacent to an activating group) is 1. The Morgan fingerprint density at radius 1 is 1.12 bits per heavy atom. The molecular formula is C21H26BrFN4O4S. The van der Waals surface area contributed by atoms with Crippen molar-refractivity contribution in [3.05, 3.63) is 64.4 Å². The number of rotatable bonds is 9. The Kier molecular flexibility index (Phi) is 8.76. The van der Waals surface area contributed by atoms with E-state index >= 15 is 0 Å². The third kappa shape index (κ3) is 6.05.